The van der Waals surface area contributed by atoms with Crippen LogP contribution < -0.4 is 5.32 Å². The number of imide groups is 2. The zero-order chi connectivity index (χ0) is 15.4. The van der Waals surface area contributed by atoms with E-state index in [1.165, 1.54) is 6.08 Å². The number of nitrogens with zero attached hydrogens (tertiary/aromatic N) is 1. The van der Waals surface area contributed by atoms with Gasteiger partial charge in [0.15, 0.2) is 0 Å². The Morgan fingerprint density at radius 3 is 2.43 bits per heavy atom. The second-order valence-corrected chi connectivity index (χ2v) is 4.66. The standard InChI is InChI=1S/C16H16N2O3/c1-3-18-15(20)13(14(19)17-16(18)21)6-4-5-12-9-7-11(2)8-10-12/h4-10H,3H2,1-2H3,(H,17,19,21). The van der Waals surface area contributed by atoms with Crippen molar-refractivity contribution in [2.45, 2.75) is 13.8 Å². The summed E-state index contributed by atoms with van der Waals surface area (Å²) in [5, 5.41) is 2.14. The lowest BCUT2D eigenvalue weighted by molar-refractivity contribution is -0.130. The van der Waals surface area contributed by atoms with Crippen LogP contribution >= 0.6 is 0 Å². The number of hydrogen-bond donors (Lipinski definition) is 1. The molecule has 4 amide bonds. The molecule has 0 bridgehead atoms. The quantitative estimate of drug-likeness (QED) is 0.682. The Morgan fingerprint density at radius 2 is 1.81 bits per heavy atom. The van der Waals surface area contributed by atoms with Gasteiger partial charge < -0.3 is 0 Å². The number of carbonyl (C=O) groups is 3. The topological polar surface area (TPSA) is 66.5 Å². The number of aryl methyl sites for hydroxylation is 1. The van der Waals surface area contributed by atoms with E-state index < -0.39 is 17.8 Å². The number of urea groups is 1. The summed E-state index contributed by atoms with van der Waals surface area (Å²) in [6.07, 6.45) is 4.84. The molecule has 0 unspecified atom stereocenters. The van der Waals surface area contributed by atoms with Crippen molar-refractivity contribution in [1.82, 2.24) is 10.2 Å². The third kappa shape index (κ3) is 3.25. The maximum absolute atomic E-state index is 12.0. The van der Waals surface area contributed by atoms with Crippen LogP contribution in [0.5, 0.6) is 0 Å². The minimum absolute atomic E-state index is 0.0418. The Kier molecular flexibility index (Phi) is 4.33. The lowest BCUT2D eigenvalue weighted by atomic mass is 10.1. The number of rotatable bonds is 3. The van der Waals surface area contributed by atoms with E-state index in [4.69, 9.17) is 0 Å². The Morgan fingerprint density at radius 1 is 1.14 bits per heavy atom. The highest BCUT2D eigenvalue weighted by molar-refractivity contribution is 6.28. The molecule has 5 nitrogen and oxygen atoms in total. The van der Waals surface area contributed by atoms with Crippen molar-refractivity contribution in [1.29, 1.82) is 0 Å². The Balaban J connectivity index is 2.19. The normalized spacial score (nSPS) is 17.7. The van der Waals surface area contributed by atoms with Gasteiger partial charge in [0.2, 0.25) is 0 Å². The number of barbiturate groups is 1. The van der Waals surface area contributed by atoms with Crippen molar-refractivity contribution >= 4 is 23.9 Å². The molecule has 0 aliphatic carbocycles. The molecule has 5 heteroatoms. The molecule has 21 heavy (non-hydrogen) atoms. The first-order valence-corrected chi connectivity index (χ1v) is 6.65. The Bertz CT molecular complexity index is 642. The number of benzene rings is 1. The zero-order valence-electron chi connectivity index (χ0n) is 11.9. The Labute approximate surface area is 122 Å². The summed E-state index contributed by atoms with van der Waals surface area (Å²) < 4.78 is 0. The second-order valence-electron chi connectivity index (χ2n) is 4.66. The molecule has 1 aliphatic heterocycles. The van der Waals surface area contributed by atoms with Crippen LogP contribution in [-0.4, -0.2) is 29.3 Å². The Hall–Kier alpha value is -2.69. The van der Waals surface area contributed by atoms with E-state index in [9.17, 15) is 14.4 Å². The zero-order valence-corrected chi connectivity index (χ0v) is 11.9. The number of allylic oxidation sites excluding steroid dienone is 2. The van der Waals surface area contributed by atoms with E-state index >= 15 is 0 Å². The molecular weight excluding hydrogens is 268 g/mol. The number of hydrogen-bond acceptors (Lipinski definition) is 3. The summed E-state index contributed by atoms with van der Waals surface area (Å²) >= 11 is 0. The highest BCUT2D eigenvalue weighted by Crippen LogP contribution is 2.11. The third-order valence-corrected chi connectivity index (χ3v) is 3.13. The maximum Gasteiger partial charge on any atom is 0.331 e. The summed E-state index contributed by atoms with van der Waals surface area (Å²) in [4.78, 5) is 36.1. The molecular formula is C16H16N2O3. The molecule has 0 spiro atoms. The fourth-order valence-corrected chi connectivity index (χ4v) is 1.93. The van der Waals surface area contributed by atoms with Gasteiger partial charge in [0.1, 0.15) is 5.57 Å². The highest BCUT2D eigenvalue weighted by Gasteiger charge is 2.34. The largest absolute Gasteiger partial charge is 0.331 e. The number of amides is 4. The van der Waals surface area contributed by atoms with Crippen LogP contribution in [0.1, 0.15) is 18.1 Å². The van der Waals surface area contributed by atoms with Crippen LogP contribution in [0, 0.1) is 6.92 Å². The molecule has 0 aromatic heterocycles. The van der Waals surface area contributed by atoms with E-state index in [0.717, 1.165) is 16.0 Å². The van der Waals surface area contributed by atoms with E-state index in [1.807, 2.05) is 31.2 Å². The van der Waals surface area contributed by atoms with Crippen LogP contribution in [0.4, 0.5) is 4.79 Å². The van der Waals surface area contributed by atoms with Gasteiger partial charge in [0.25, 0.3) is 11.8 Å². The third-order valence-electron chi connectivity index (χ3n) is 3.13. The fraction of sp³-hybridized carbons (Fsp3) is 0.188. The van der Waals surface area contributed by atoms with Gasteiger partial charge in [-0.15, -0.1) is 0 Å². The minimum Gasteiger partial charge on any atom is -0.273 e. The molecule has 1 aromatic carbocycles. The van der Waals surface area contributed by atoms with Gasteiger partial charge in [-0.3, -0.25) is 19.8 Å². The number of likely N-dealkylation sites (N-methyl/N-ethyl adjacent to an activating group) is 1. The predicted molar refractivity (Wildman–Crippen MR) is 79.2 cm³/mol. The van der Waals surface area contributed by atoms with Gasteiger partial charge in [0.05, 0.1) is 0 Å². The van der Waals surface area contributed by atoms with Crippen molar-refractivity contribution in [2.75, 3.05) is 6.54 Å². The van der Waals surface area contributed by atoms with Gasteiger partial charge in [-0.2, -0.15) is 0 Å². The minimum atomic E-state index is -0.674. The first-order chi connectivity index (χ1) is 10.0. The van der Waals surface area contributed by atoms with Crippen LogP contribution in [-0.2, 0) is 9.59 Å². The van der Waals surface area contributed by atoms with E-state index in [1.54, 1.807) is 19.1 Å². The molecule has 1 aliphatic rings. The summed E-state index contributed by atoms with van der Waals surface area (Å²) in [7, 11) is 0. The van der Waals surface area contributed by atoms with E-state index in [2.05, 4.69) is 5.32 Å². The van der Waals surface area contributed by atoms with Crippen molar-refractivity contribution in [3.63, 3.8) is 0 Å². The average Bonchev–Trinajstić information content (AvgIpc) is 2.44. The smallest absolute Gasteiger partial charge is 0.273 e. The summed E-state index contributed by atoms with van der Waals surface area (Å²) in [6, 6.07) is 7.15. The fourth-order valence-electron chi connectivity index (χ4n) is 1.93. The first kappa shape index (κ1) is 14.7. The van der Waals surface area contributed by atoms with Crippen LogP contribution in [0.25, 0.3) is 6.08 Å². The van der Waals surface area contributed by atoms with Gasteiger partial charge in [-0.1, -0.05) is 42.0 Å². The first-order valence-electron chi connectivity index (χ1n) is 6.65. The van der Waals surface area contributed by atoms with Crippen molar-refractivity contribution in [2.24, 2.45) is 0 Å². The molecule has 1 heterocycles. The van der Waals surface area contributed by atoms with E-state index in [-0.39, 0.29) is 12.1 Å². The number of carbonyl (C=O) groups excluding carboxylic acids is 3. The summed E-state index contributed by atoms with van der Waals surface area (Å²) in [6.45, 7) is 3.89. The van der Waals surface area contributed by atoms with Crippen molar-refractivity contribution in [3.8, 4) is 0 Å². The molecule has 2 rings (SSSR count). The predicted octanol–water partition coefficient (Wildman–Crippen LogP) is 2.03. The molecule has 0 saturated carbocycles. The van der Waals surface area contributed by atoms with Gasteiger partial charge in [0, 0.05) is 6.54 Å². The van der Waals surface area contributed by atoms with Gasteiger partial charge in [-0.05, 0) is 25.5 Å². The van der Waals surface area contributed by atoms with E-state index in [0.29, 0.717) is 0 Å². The SMILES string of the molecule is CCN1C(=O)NC(=O)C(=CC=Cc2ccc(C)cc2)C1=O. The molecule has 0 atom stereocenters. The summed E-state index contributed by atoms with van der Waals surface area (Å²) in [5.74, 6) is -1.23. The lowest BCUT2D eigenvalue weighted by Crippen LogP contribution is -2.53. The number of nitrogens with one attached hydrogen (secondary N) is 1. The summed E-state index contributed by atoms with van der Waals surface area (Å²) in [5.41, 5.74) is 2.08. The molecule has 0 radical (unpaired) electrons. The van der Waals surface area contributed by atoms with Crippen LogP contribution in [0.2, 0.25) is 0 Å². The lowest BCUT2D eigenvalue weighted by Gasteiger charge is -2.24. The van der Waals surface area contributed by atoms with Gasteiger partial charge >= 0.3 is 6.03 Å². The monoisotopic (exact) mass is 284 g/mol. The van der Waals surface area contributed by atoms with Crippen LogP contribution in [0.3, 0.4) is 0 Å². The van der Waals surface area contributed by atoms with Crippen LogP contribution in [0.15, 0.2) is 42.0 Å². The van der Waals surface area contributed by atoms with Gasteiger partial charge in [-0.25, -0.2) is 4.79 Å². The van der Waals surface area contributed by atoms with Crippen molar-refractivity contribution < 1.29 is 14.4 Å². The van der Waals surface area contributed by atoms with Crippen molar-refractivity contribution in [3.05, 3.63) is 53.1 Å². The maximum atomic E-state index is 12.0. The molecule has 108 valence electrons. The highest BCUT2D eigenvalue weighted by atomic mass is 16.2. The molecule has 1 saturated heterocycles. The molecule has 1 N–H and O–H groups in total. The average molecular weight is 284 g/mol. The molecule has 1 fully saturated rings. The molecule has 1 aromatic rings. The second kappa shape index (κ2) is 6.17.